The largest absolute Gasteiger partial charge is 0.313 e. The van der Waals surface area contributed by atoms with Gasteiger partial charge in [0.15, 0.2) is 0 Å². The van der Waals surface area contributed by atoms with E-state index in [1.165, 1.54) is 25.8 Å². The lowest BCUT2D eigenvalue weighted by Gasteiger charge is -2.29. The lowest BCUT2D eigenvalue weighted by molar-refractivity contribution is 0.249. The summed E-state index contributed by atoms with van der Waals surface area (Å²) in [4.78, 5) is 0. The van der Waals surface area contributed by atoms with E-state index >= 15 is 0 Å². The molecular formula is C16H33N. The summed E-state index contributed by atoms with van der Waals surface area (Å²) < 4.78 is 0. The van der Waals surface area contributed by atoms with E-state index in [1.807, 2.05) is 0 Å². The minimum Gasteiger partial charge on any atom is -0.313 e. The molecular weight excluding hydrogens is 206 g/mol. The molecule has 0 amide bonds. The summed E-state index contributed by atoms with van der Waals surface area (Å²) in [7, 11) is 0. The highest BCUT2D eigenvalue weighted by Crippen LogP contribution is 2.34. The van der Waals surface area contributed by atoms with Crippen molar-refractivity contribution >= 4 is 0 Å². The standard InChI is InChI=1S/C16H33N/c1-7-14-8-9-16(13(14)6)17-10-15(11(2)3)12(4)5/h11-17H,7-10H2,1-6H3. The van der Waals surface area contributed by atoms with Gasteiger partial charge in [-0.3, -0.25) is 0 Å². The molecule has 0 bridgehead atoms. The third-order valence-electron chi connectivity index (χ3n) is 5.08. The fraction of sp³-hybridized carbons (Fsp3) is 1.00. The van der Waals surface area contributed by atoms with E-state index in [0.717, 1.165) is 35.6 Å². The molecule has 1 saturated carbocycles. The predicted octanol–water partition coefficient (Wildman–Crippen LogP) is 4.33. The van der Waals surface area contributed by atoms with Gasteiger partial charge in [-0.25, -0.2) is 0 Å². The molecule has 3 unspecified atom stereocenters. The first-order chi connectivity index (χ1) is 7.97. The smallest absolute Gasteiger partial charge is 0.00955 e. The molecule has 1 aliphatic rings. The molecule has 1 heteroatoms. The Morgan fingerprint density at radius 2 is 1.65 bits per heavy atom. The topological polar surface area (TPSA) is 12.0 Å². The zero-order chi connectivity index (χ0) is 13.0. The summed E-state index contributed by atoms with van der Waals surface area (Å²) in [5.74, 6) is 4.24. The second-order valence-corrected chi connectivity index (χ2v) is 6.77. The van der Waals surface area contributed by atoms with Gasteiger partial charge in [0.05, 0.1) is 0 Å². The van der Waals surface area contributed by atoms with Crippen LogP contribution >= 0.6 is 0 Å². The van der Waals surface area contributed by atoms with Crippen LogP contribution in [0, 0.1) is 29.6 Å². The maximum atomic E-state index is 3.86. The highest BCUT2D eigenvalue weighted by Gasteiger charge is 2.31. The maximum Gasteiger partial charge on any atom is 0.00955 e. The van der Waals surface area contributed by atoms with Crippen molar-refractivity contribution in [2.75, 3.05) is 6.54 Å². The molecule has 1 rings (SSSR count). The normalized spacial score (nSPS) is 29.8. The van der Waals surface area contributed by atoms with E-state index in [0.29, 0.717) is 0 Å². The van der Waals surface area contributed by atoms with E-state index in [9.17, 15) is 0 Å². The highest BCUT2D eigenvalue weighted by atomic mass is 14.9. The first-order valence-corrected chi connectivity index (χ1v) is 7.70. The van der Waals surface area contributed by atoms with Crippen molar-refractivity contribution < 1.29 is 0 Å². The molecule has 0 saturated heterocycles. The average Bonchev–Trinajstić information content (AvgIpc) is 2.59. The molecule has 1 aliphatic carbocycles. The number of nitrogens with one attached hydrogen (secondary N) is 1. The molecule has 0 spiro atoms. The Kier molecular flexibility index (Phi) is 5.99. The van der Waals surface area contributed by atoms with Gasteiger partial charge >= 0.3 is 0 Å². The Bertz CT molecular complexity index is 202. The van der Waals surface area contributed by atoms with Crippen molar-refractivity contribution in [1.82, 2.24) is 5.32 Å². The predicted molar refractivity (Wildman–Crippen MR) is 77.1 cm³/mol. The van der Waals surface area contributed by atoms with Crippen LogP contribution < -0.4 is 5.32 Å². The van der Waals surface area contributed by atoms with Crippen molar-refractivity contribution in [1.29, 1.82) is 0 Å². The van der Waals surface area contributed by atoms with Gasteiger partial charge in [0.1, 0.15) is 0 Å². The Balaban J connectivity index is 2.40. The minimum atomic E-state index is 0.778. The van der Waals surface area contributed by atoms with Crippen LogP contribution in [0.1, 0.15) is 60.8 Å². The Morgan fingerprint density at radius 1 is 1.06 bits per heavy atom. The van der Waals surface area contributed by atoms with Crippen molar-refractivity contribution in [3.63, 3.8) is 0 Å². The lowest BCUT2D eigenvalue weighted by Crippen LogP contribution is -2.38. The monoisotopic (exact) mass is 239 g/mol. The Labute approximate surface area is 109 Å². The third-order valence-corrected chi connectivity index (χ3v) is 5.08. The molecule has 0 aromatic rings. The van der Waals surface area contributed by atoms with Crippen molar-refractivity contribution in [3.05, 3.63) is 0 Å². The molecule has 0 radical (unpaired) electrons. The van der Waals surface area contributed by atoms with Crippen LogP contribution in [0.5, 0.6) is 0 Å². The SMILES string of the molecule is CCC1CCC(NCC(C(C)C)C(C)C)C1C. The highest BCUT2D eigenvalue weighted by molar-refractivity contribution is 4.87. The summed E-state index contributed by atoms with van der Waals surface area (Å²) in [5.41, 5.74) is 0. The van der Waals surface area contributed by atoms with Gasteiger partial charge in [0.25, 0.3) is 0 Å². The molecule has 3 atom stereocenters. The summed E-state index contributed by atoms with van der Waals surface area (Å²) >= 11 is 0. The van der Waals surface area contributed by atoms with Gasteiger partial charge in [-0.05, 0) is 49.0 Å². The Morgan fingerprint density at radius 3 is 2.06 bits per heavy atom. The minimum absolute atomic E-state index is 0.778. The molecule has 0 aliphatic heterocycles. The van der Waals surface area contributed by atoms with Gasteiger partial charge in [0.2, 0.25) is 0 Å². The molecule has 0 aromatic carbocycles. The summed E-state index contributed by atoms with van der Waals surface area (Å²) in [6.07, 6.45) is 4.18. The second-order valence-electron chi connectivity index (χ2n) is 6.77. The van der Waals surface area contributed by atoms with E-state index in [4.69, 9.17) is 0 Å². The van der Waals surface area contributed by atoms with Crippen LogP contribution in [0.2, 0.25) is 0 Å². The Hall–Kier alpha value is -0.0400. The quantitative estimate of drug-likeness (QED) is 0.727. The van der Waals surface area contributed by atoms with Crippen LogP contribution in [-0.2, 0) is 0 Å². The zero-order valence-corrected chi connectivity index (χ0v) is 12.8. The lowest BCUT2D eigenvalue weighted by atomic mass is 9.85. The molecule has 0 heterocycles. The number of hydrogen-bond donors (Lipinski definition) is 1. The van der Waals surface area contributed by atoms with E-state index in [-0.39, 0.29) is 0 Å². The van der Waals surface area contributed by atoms with Gasteiger partial charge in [-0.15, -0.1) is 0 Å². The molecule has 1 nitrogen and oxygen atoms in total. The van der Waals surface area contributed by atoms with E-state index in [2.05, 4.69) is 46.9 Å². The molecule has 17 heavy (non-hydrogen) atoms. The fourth-order valence-electron chi connectivity index (χ4n) is 3.64. The first-order valence-electron chi connectivity index (χ1n) is 7.70. The van der Waals surface area contributed by atoms with Crippen LogP contribution in [0.25, 0.3) is 0 Å². The van der Waals surface area contributed by atoms with Gasteiger partial charge in [-0.1, -0.05) is 48.0 Å². The van der Waals surface area contributed by atoms with Gasteiger partial charge in [-0.2, -0.15) is 0 Å². The summed E-state index contributed by atoms with van der Waals surface area (Å²) in [6, 6.07) is 0.778. The molecule has 102 valence electrons. The first kappa shape index (κ1) is 15.0. The fourth-order valence-corrected chi connectivity index (χ4v) is 3.64. The number of rotatable bonds is 6. The van der Waals surface area contributed by atoms with Crippen molar-refractivity contribution in [2.45, 2.75) is 66.8 Å². The summed E-state index contributed by atoms with van der Waals surface area (Å²) in [6.45, 7) is 15.4. The van der Waals surface area contributed by atoms with E-state index in [1.54, 1.807) is 0 Å². The van der Waals surface area contributed by atoms with Crippen LogP contribution in [-0.4, -0.2) is 12.6 Å². The van der Waals surface area contributed by atoms with Crippen LogP contribution in [0.3, 0.4) is 0 Å². The van der Waals surface area contributed by atoms with Crippen LogP contribution in [0.15, 0.2) is 0 Å². The third kappa shape index (κ3) is 3.98. The molecule has 0 aromatic heterocycles. The number of hydrogen-bond acceptors (Lipinski definition) is 1. The molecule has 1 fully saturated rings. The zero-order valence-electron chi connectivity index (χ0n) is 12.8. The van der Waals surface area contributed by atoms with Crippen molar-refractivity contribution in [3.8, 4) is 0 Å². The second kappa shape index (κ2) is 6.78. The van der Waals surface area contributed by atoms with Crippen molar-refractivity contribution in [2.24, 2.45) is 29.6 Å². The summed E-state index contributed by atoms with van der Waals surface area (Å²) in [5, 5.41) is 3.86. The van der Waals surface area contributed by atoms with Gasteiger partial charge < -0.3 is 5.32 Å². The van der Waals surface area contributed by atoms with Gasteiger partial charge in [0, 0.05) is 6.04 Å². The van der Waals surface area contributed by atoms with E-state index < -0.39 is 0 Å². The maximum absolute atomic E-state index is 3.86. The average molecular weight is 239 g/mol. The van der Waals surface area contributed by atoms with Crippen LogP contribution in [0.4, 0.5) is 0 Å². The molecule has 1 N–H and O–H groups in total.